The van der Waals surface area contributed by atoms with E-state index < -0.39 is 0 Å². The molecule has 5 heteroatoms. The van der Waals surface area contributed by atoms with Crippen molar-refractivity contribution in [2.75, 3.05) is 13.1 Å². The lowest BCUT2D eigenvalue weighted by Gasteiger charge is -2.21. The van der Waals surface area contributed by atoms with E-state index in [-0.39, 0.29) is 0 Å². The Kier molecular flexibility index (Phi) is 3.71. The summed E-state index contributed by atoms with van der Waals surface area (Å²) >= 11 is 1.65. The van der Waals surface area contributed by atoms with Gasteiger partial charge in [-0.05, 0) is 49.7 Å². The van der Waals surface area contributed by atoms with Crippen LogP contribution in [0.2, 0.25) is 0 Å². The van der Waals surface area contributed by atoms with Gasteiger partial charge in [0.25, 0.3) is 0 Å². The van der Waals surface area contributed by atoms with E-state index in [1.165, 1.54) is 12.8 Å². The number of thiophene rings is 1. The molecule has 0 aromatic carbocycles. The smallest absolute Gasteiger partial charge is 0.226 e. The molecule has 0 amide bonds. The average molecular weight is 263 g/mol. The molecule has 0 radical (unpaired) electrons. The molecule has 1 saturated heterocycles. The van der Waals surface area contributed by atoms with E-state index in [2.05, 4.69) is 15.5 Å². The van der Waals surface area contributed by atoms with Crippen molar-refractivity contribution in [3.8, 4) is 11.4 Å². The van der Waals surface area contributed by atoms with Gasteiger partial charge >= 0.3 is 0 Å². The zero-order valence-electron chi connectivity index (χ0n) is 10.3. The summed E-state index contributed by atoms with van der Waals surface area (Å²) in [4.78, 5) is 4.45. The average Bonchev–Trinajstić information content (AvgIpc) is 3.08. The van der Waals surface area contributed by atoms with Crippen molar-refractivity contribution in [3.05, 3.63) is 22.7 Å². The Morgan fingerprint density at radius 1 is 1.39 bits per heavy atom. The molecule has 0 aliphatic carbocycles. The Labute approximate surface area is 110 Å². The number of hydrogen-bond donors (Lipinski definition) is 1. The van der Waals surface area contributed by atoms with Gasteiger partial charge in [-0.15, -0.1) is 0 Å². The predicted molar refractivity (Wildman–Crippen MR) is 71.5 cm³/mol. The third-order valence-corrected chi connectivity index (χ3v) is 4.16. The van der Waals surface area contributed by atoms with Crippen LogP contribution in [0.5, 0.6) is 0 Å². The van der Waals surface area contributed by atoms with E-state index in [1.807, 2.05) is 16.8 Å². The Hall–Kier alpha value is -1.20. The maximum absolute atomic E-state index is 5.31. The van der Waals surface area contributed by atoms with Crippen LogP contribution in [0, 0.1) is 5.92 Å². The van der Waals surface area contributed by atoms with Gasteiger partial charge < -0.3 is 9.84 Å². The second-order valence-corrected chi connectivity index (χ2v) is 5.54. The Morgan fingerprint density at radius 2 is 2.28 bits per heavy atom. The van der Waals surface area contributed by atoms with E-state index in [0.29, 0.717) is 0 Å². The second kappa shape index (κ2) is 5.63. The first-order chi connectivity index (χ1) is 8.92. The summed E-state index contributed by atoms with van der Waals surface area (Å²) in [5.41, 5.74) is 1.05. The molecular formula is C13H17N3OS. The zero-order chi connectivity index (χ0) is 12.2. The minimum atomic E-state index is 0.719. The van der Waals surface area contributed by atoms with Gasteiger partial charge in [-0.1, -0.05) is 5.16 Å². The lowest BCUT2D eigenvalue weighted by Crippen LogP contribution is -2.27. The van der Waals surface area contributed by atoms with Crippen LogP contribution in [0.15, 0.2) is 21.3 Å². The number of aryl methyl sites for hydroxylation is 1. The summed E-state index contributed by atoms with van der Waals surface area (Å²) in [7, 11) is 0. The molecule has 0 spiro atoms. The molecule has 1 aliphatic rings. The second-order valence-electron chi connectivity index (χ2n) is 4.76. The highest BCUT2D eigenvalue weighted by atomic mass is 32.1. The van der Waals surface area contributed by atoms with Gasteiger partial charge in [-0.25, -0.2) is 0 Å². The van der Waals surface area contributed by atoms with Gasteiger partial charge in [0, 0.05) is 17.4 Å². The highest BCUT2D eigenvalue weighted by Crippen LogP contribution is 2.21. The summed E-state index contributed by atoms with van der Waals surface area (Å²) in [5.74, 6) is 2.30. The third kappa shape index (κ3) is 2.79. The van der Waals surface area contributed by atoms with Crippen LogP contribution < -0.4 is 5.32 Å². The van der Waals surface area contributed by atoms with Crippen molar-refractivity contribution >= 4 is 11.3 Å². The van der Waals surface area contributed by atoms with Crippen LogP contribution in [-0.2, 0) is 6.42 Å². The molecule has 3 rings (SSSR count). The quantitative estimate of drug-likeness (QED) is 0.921. The fourth-order valence-electron chi connectivity index (χ4n) is 2.36. The number of nitrogens with zero attached hydrogens (tertiary/aromatic N) is 2. The number of piperidine rings is 1. The van der Waals surface area contributed by atoms with Crippen LogP contribution in [0.25, 0.3) is 11.4 Å². The molecule has 96 valence electrons. The molecule has 1 N–H and O–H groups in total. The van der Waals surface area contributed by atoms with E-state index in [1.54, 1.807) is 11.3 Å². The summed E-state index contributed by atoms with van der Waals surface area (Å²) in [6.45, 7) is 2.29. The van der Waals surface area contributed by atoms with Crippen LogP contribution in [0.1, 0.15) is 25.2 Å². The number of hydrogen-bond acceptors (Lipinski definition) is 5. The molecule has 1 aliphatic heterocycles. The van der Waals surface area contributed by atoms with Crippen molar-refractivity contribution < 1.29 is 4.52 Å². The lowest BCUT2D eigenvalue weighted by molar-refractivity contribution is 0.324. The van der Waals surface area contributed by atoms with Gasteiger partial charge in [0.05, 0.1) is 0 Å². The highest BCUT2D eigenvalue weighted by Gasteiger charge is 2.15. The van der Waals surface area contributed by atoms with Crippen molar-refractivity contribution in [1.82, 2.24) is 15.5 Å². The molecule has 3 heterocycles. The van der Waals surface area contributed by atoms with Crippen molar-refractivity contribution in [3.63, 3.8) is 0 Å². The van der Waals surface area contributed by atoms with E-state index in [4.69, 9.17) is 4.52 Å². The molecule has 18 heavy (non-hydrogen) atoms. The number of rotatable bonds is 4. The van der Waals surface area contributed by atoms with Crippen molar-refractivity contribution in [1.29, 1.82) is 0 Å². The minimum absolute atomic E-state index is 0.719. The topological polar surface area (TPSA) is 51.0 Å². The first-order valence-corrected chi connectivity index (χ1v) is 7.42. The van der Waals surface area contributed by atoms with Crippen molar-refractivity contribution in [2.45, 2.75) is 25.7 Å². The Morgan fingerprint density at radius 3 is 3.06 bits per heavy atom. The Balaban J connectivity index is 1.57. The summed E-state index contributed by atoms with van der Waals surface area (Å²) < 4.78 is 5.31. The lowest BCUT2D eigenvalue weighted by atomic mass is 9.93. The molecule has 2 aromatic rings. The molecule has 1 fully saturated rings. The SMILES string of the molecule is c1cc(-c2noc(CCC3CCNCC3)n2)cs1. The number of nitrogens with one attached hydrogen (secondary N) is 1. The first-order valence-electron chi connectivity index (χ1n) is 6.48. The normalized spacial score (nSPS) is 17.1. The maximum atomic E-state index is 5.31. The molecule has 0 saturated carbocycles. The molecule has 0 atom stereocenters. The molecule has 4 nitrogen and oxygen atoms in total. The van der Waals surface area contributed by atoms with Crippen LogP contribution in [0.4, 0.5) is 0 Å². The van der Waals surface area contributed by atoms with Gasteiger partial charge in [0.2, 0.25) is 11.7 Å². The first kappa shape index (κ1) is 11.9. The fourth-order valence-corrected chi connectivity index (χ4v) is 3.00. The van der Waals surface area contributed by atoms with Crippen LogP contribution in [0.3, 0.4) is 0 Å². The fraction of sp³-hybridized carbons (Fsp3) is 0.538. The molecule has 0 bridgehead atoms. The van der Waals surface area contributed by atoms with E-state index in [9.17, 15) is 0 Å². The minimum Gasteiger partial charge on any atom is -0.339 e. The standard InChI is InChI=1S/C13H17N3OS/c1(10-3-6-14-7-4-10)2-12-15-13(16-17-12)11-5-8-18-9-11/h5,8-10,14H,1-4,6-7H2. The number of aromatic nitrogens is 2. The summed E-state index contributed by atoms with van der Waals surface area (Å²) in [5, 5.41) is 11.5. The van der Waals surface area contributed by atoms with Crippen molar-refractivity contribution in [2.24, 2.45) is 5.92 Å². The maximum Gasteiger partial charge on any atom is 0.226 e. The van der Waals surface area contributed by atoms with Gasteiger partial charge in [0.15, 0.2) is 0 Å². The van der Waals surface area contributed by atoms with Gasteiger partial charge in [-0.2, -0.15) is 16.3 Å². The van der Waals surface area contributed by atoms with E-state index >= 15 is 0 Å². The molecule has 0 unspecified atom stereocenters. The largest absolute Gasteiger partial charge is 0.339 e. The van der Waals surface area contributed by atoms with E-state index in [0.717, 1.165) is 49.1 Å². The van der Waals surface area contributed by atoms with Gasteiger partial charge in [0.1, 0.15) is 0 Å². The van der Waals surface area contributed by atoms with Gasteiger partial charge in [-0.3, -0.25) is 0 Å². The highest BCUT2D eigenvalue weighted by molar-refractivity contribution is 7.08. The monoisotopic (exact) mass is 263 g/mol. The molecule has 2 aromatic heterocycles. The third-order valence-electron chi connectivity index (χ3n) is 3.47. The summed E-state index contributed by atoms with van der Waals surface area (Å²) in [6.07, 6.45) is 4.60. The predicted octanol–water partition coefficient (Wildman–Crippen LogP) is 2.73. The summed E-state index contributed by atoms with van der Waals surface area (Å²) in [6, 6.07) is 2.02. The zero-order valence-corrected chi connectivity index (χ0v) is 11.1. The van der Waals surface area contributed by atoms with Crippen LogP contribution in [-0.4, -0.2) is 23.2 Å². The Bertz CT molecular complexity index is 474. The molecular weight excluding hydrogens is 246 g/mol. The van der Waals surface area contributed by atoms with Crippen LogP contribution >= 0.6 is 11.3 Å².